The molecule has 0 aliphatic heterocycles. The first-order chi connectivity index (χ1) is 17.0. The lowest BCUT2D eigenvalue weighted by Gasteiger charge is -2.11. The van der Waals surface area contributed by atoms with Crippen molar-refractivity contribution in [3.05, 3.63) is 94.5 Å². The minimum atomic E-state index is -0.509. The van der Waals surface area contributed by atoms with Crippen LogP contribution in [0.4, 0.5) is 5.00 Å². The molecule has 5 rings (SSSR count). The summed E-state index contributed by atoms with van der Waals surface area (Å²) in [4.78, 5) is 31.1. The highest BCUT2D eigenvalue weighted by atomic mass is 35.5. The largest absolute Gasteiger partial charge is 0.463 e. The predicted molar refractivity (Wildman–Crippen MR) is 138 cm³/mol. The molecule has 8 heteroatoms. The number of thiophene rings is 1. The highest BCUT2D eigenvalue weighted by molar-refractivity contribution is 7.15. The van der Waals surface area contributed by atoms with Gasteiger partial charge in [0.2, 0.25) is 0 Å². The molecule has 6 nitrogen and oxygen atoms in total. The lowest BCUT2D eigenvalue weighted by molar-refractivity contribution is 0.0529. The normalized spacial score (nSPS) is 10.9. The number of ether oxygens (including phenoxy) is 1. The van der Waals surface area contributed by atoms with Crippen molar-refractivity contribution in [1.82, 2.24) is 4.98 Å². The molecular weight excluding hydrogens is 484 g/mol. The van der Waals surface area contributed by atoms with E-state index in [0.717, 1.165) is 5.56 Å². The zero-order chi connectivity index (χ0) is 24.4. The fourth-order valence-electron chi connectivity index (χ4n) is 3.78. The lowest BCUT2D eigenvalue weighted by atomic mass is 10.0. The minimum absolute atomic E-state index is 0.212. The molecule has 0 saturated carbocycles. The summed E-state index contributed by atoms with van der Waals surface area (Å²) >= 11 is 7.29. The Morgan fingerprint density at radius 1 is 1.09 bits per heavy atom. The third-order valence-corrected chi connectivity index (χ3v) is 6.53. The minimum Gasteiger partial charge on any atom is -0.463 e. The zero-order valence-corrected chi connectivity index (χ0v) is 20.2. The summed E-state index contributed by atoms with van der Waals surface area (Å²) in [5.41, 5.74) is 3.37. The van der Waals surface area contributed by atoms with E-state index in [1.54, 1.807) is 43.5 Å². The van der Waals surface area contributed by atoms with Crippen LogP contribution in [0, 0.1) is 0 Å². The number of anilines is 1. The number of para-hydroxylation sites is 1. The Morgan fingerprint density at radius 3 is 2.63 bits per heavy atom. The second-order valence-electron chi connectivity index (χ2n) is 7.58. The van der Waals surface area contributed by atoms with Crippen molar-refractivity contribution in [1.29, 1.82) is 0 Å². The Hall–Kier alpha value is -3.94. The molecule has 0 saturated heterocycles. The maximum atomic E-state index is 13.5. The number of hydrogen-bond acceptors (Lipinski definition) is 6. The van der Waals surface area contributed by atoms with Gasteiger partial charge in [-0.05, 0) is 48.9 Å². The van der Waals surface area contributed by atoms with Gasteiger partial charge in [-0.25, -0.2) is 9.78 Å². The number of nitrogens with one attached hydrogen (secondary N) is 1. The number of rotatable bonds is 6. The van der Waals surface area contributed by atoms with Crippen molar-refractivity contribution in [3.8, 4) is 22.6 Å². The molecule has 0 atom stereocenters. The highest BCUT2D eigenvalue weighted by Crippen LogP contribution is 2.37. The van der Waals surface area contributed by atoms with Gasteiger partial charge in [0, 0.05) is 21.4 Å². The van der Waals surface area contributed by atoms with Gasteiger partial charge in [-0.3, -0.25) is 4.79 Å². The molecule has 1 amide bonds. The number of carbonyl (C=O) groups excluding carboxylic acids is 2. The third-order valence-electron chi connectivity index (χ3n) is 5.39. The Morgan fingerprint density at radius 2 is 1.89 bits per heavy atom. The van der Waals surface area contributed by atoms with Gasteiger partial charge in [-0.15, -0.1) is 11.3 Å². The Labute approximate surface area is 210 Å². The van der Waals surface area contributed by atoms with Gasteiger partial charge in [-0.1, -0.05) is 41.9 Å². The topological polar surface area (TPSA) is 81.4 Å². The molecule has 0 bridgehead atoms. The van der Waals surface area contributed by atoms with Crippen molar-refractivity contribution in [2.45, 2.75) is 6.92 Å². The van der Waals surface area contributed by atoms with Crippen molar-refractivity contribution >= 4 is 50.7 Å². The van der Waals surface area contributed by atoms with E-state index < -0.39 is 5.97 Å². The molecule has 174 valence electrons. The molecule has 35 heavy (non-hydrogen) atoms. The number of furan rings is 1. The molecule has 3 aromatic heterocycles. The van der Waals surface area contributed by atoms with Crippen LogP contribution in [0.3, 0.4) is 0 Å². The molecule has 0 spiro atoms. The number of pyridine rings is 1. The summed E-state index contributed by atoms with van der Waals surface area (Å²) in [6, 6.07) is 19.8. The van der Waals surface area contributed by atoms with E-state index in [1.165, 1.54) is 11.3 Å². The molecule has 0 unspecified atom stereocenters. The van der Waals surface area contributed by atoms with E-state index in [2.05, 4.69) is 10.3 Å². The number of halogens is 1. The van der Waals surface area contributed by atoms with Crippen LogP contribution >= 0.6 is 22.9 Å². The summed E-state index contributed by atoms with van der Waals surface area (Å²) < 4.78 is 10.8. The Kier molecular flexibility index (Phi) is 6.35. The molecule has 0 fully saturated rings. The van der Waals surface area contributed by atoms with E-state index >= 15 is 0 Å². The van der Waals surface area contributed by atoms with E-state index in [-0.39, 0.29) is 12.5 Å². The van der Waals surface area contributed by atoms with Gasteiger partial charge in [0.15, 0.2) is 5.76 Å². The summed E-state index contributed by atoms with van der Waals surface area (Å²) in [6.07, 6.45) is 1.56. The number of hydrogen-bond donors (Lipinski definition) is 1. The van der Waals surface area contributed by atoms with Crippen LogP contribution in [0.25, 0.3) is 33.5 Å². The van der Waals surface area contributed by atoms with Gasteiger partial charge in [0.05, 0.1) is 24.0 Å². The van der Waals surface area contributed by atoms with Crippen molar-refractivity contribution in [2.75, 3.05) is 11.9 Å². The smallest absolute Gasteiger partial charge is 0.341 e. The lowest BCUT2D eigenvalue weighted by Crippen LogP contribution is -2.15. The molecule has 0 aliphatic carbocycles. The average Bonchev–Trinajstić information content (AvgIpc) is 3.55. The first kappa shape index (κ1) is 22.8. The number of amides is 1. The monoisotopic (exact) mass is 502 g/mol. The van der Waals surface area contributed by atoms with Gasteiger partial charge in [0.25, 0.3) is 5.91 Å². The third kappa shape index (κ3) is 4.56. The SMILES string of the molecule is CCOC(=O)c1c(-c2ccc(Cl)cc2)csc1NC(=O)c1cc(-c2ccco2)nc2ccccc12. The van der Waals surface area contributed by atoms with E-state index in [4.69, 9.17) is 20.8 Å². The summed E-state index contributed by atoms with van der Waals surface area (Å²) in [5, 5.41) is 6.43. The number of carbonyl (C=O) groups is 2. The van der Waals surface area contributed by atoms with Gasteiger partial charge >= 0.3 is 5.97 Å². The molecule has 0 aliphatic rings. The number of aromatic nitrogens is 1. The maximum Gasteiger partial charge on any atom is 0.341 e. The second-order valence-corrected chi connectivity index (χ2v) is 8.90. The quantitative estimate of drug-likeness (QED) is 0.246. The molecule has 5 aromatic rings. The number of fused-ring (bicyclic) bond motifs is 1. The molecule has 2 aromatic carbocycles. The summed E-state index contributed by atoms with van der Waals surface area (Å²) in [6.45, 7) is 1.95. The zero-order valence-electron chi connectivity index (χ0n) is 18.6. The van der Waals surface area contributed by atoms with Crippen LogP contribution in [0.2, 0.25) is 5.02 Å². The molecular formula is C27H19ClN2O4S. The Balaban J connectivity index is 1.57. The number of nitrogens with zero attached hydrogens (tertiary/aromatic N) is 1. The van der Waals surface area contributed by atoms with Crippen LogP contribution < -0.4 is 5.32 Å². The van der Waals surface area contributed by atoms with Crippen LogP contribution in [0.1, 0.15) is 27.6 Å². The second kappa shape index (κ2) is 9.74. The van der Waals surface area contributed by atoms with Gasteiger partial charge in [0.1, 0.15) is 16.3 Å². The van der Waals surface area contributed by atoms with Crippen LogP contribution in [-0.4, -0.2) is 23.5 Å². The number of benzene rings is 2. The molecule has 3 heterocycles. The van der Waals surface area contributed by atoms with E-state index in [0.29, 0.717) is 49.1 Å². The first-order valence-corrected chi connectivity index (χ1v) is 12.1. The first-order valence-electron chi connectivity index (χ1n) is 10.8. The summed E-state index contributed by atoms with van der Waals surface area (Å²) in [7, 11) is 0. The van der Waals surface area contributed by atoms with Crippen molar-refractivity contribution in [2.24, 2.45) is 0 Å². The van der Waals surface area contributed by atoms with Crippen molar-refractivity contribution in [3.63, 3.8) is 0 Å². The van der Waals surface area contributed by atoms with Gasteiger partial charge in [-0.2, -0.15) is 0 Å². The highest BCUT2D eigenvalue weighted by Gasteiger charge is 2.24. The molecule has 1 N–H and O–H groups in total. The predicted octanol–water partition coefficient (Wildman–Crippen LogP) is 7.31. The van der Waals surface area contributed by atoms with Crippen LogP contribution in [-0.2, 0) is 4.74 Å². The Bertz CT molecular complexity index is 1530. The fourth-order valence-corrected chi connectivity index (χ4v) is 4.86. The maximum absolute atomic E-state index is 13.5. The fraction of sp³-hybridized carbons (Fsp3) is 0.0741. The molecule has 0 radical (unpaired) electrons. The average molecular weight is 503 g/mol. The summed E-state index contributed by atoms with van der Waals surface area (Å²) in [5.74, 6) is -0.325. The van der Waals surface area contributed by atoms with Crippen molar-refractivity contribution < 1.29 is 18.7 Å². The van der Waals surface area contributed by atoms with E-state index in [1.807, 2.05) is 41.8 Å². The standard InChI is InChI=1S/C27H19ClN2O4S/c1-2-33-27(32)24-20(16-9-11-17(28)12-10-16)15-35-26(24)30-25(31)19-14-22(23-8-5-13-34-23)29-21-7-4-3-6-18(19)21/h3-15H,2H2,1H3,(H,30,31). The van der Waals surface area contributed by atoms with E-state index in [9.17, 15) is 9.59 Å². The van der Waals surface area contributed by atoms with Gasteiger partial charge < -0.3 is 14.5 Å². The number of esters is 1. The van der Waals surface area contributed by atoms with Crippen LogP contribution in [0.5, 0.6) is 0 Å². The van der Waals surface area contributed by atoms with Crippen LogP contribution in [0.15, 0.2) is 82.8 Å².